The van der Waals surface area contributed by atoms with E-state index >= 15 is 0 Å². The highest BCUT2D eigenvalue weighted by molar-refractivity contribution is 6.33. The Bertz CT molecular complexity index is 765. The van der Waals surface area contributed by atoms with Crippen molar-refractivity contribution in [2.24, 2.45) is 0 Å². The standard InChI is InChI=1S/C19H22Cl2N2O3/c1-24-18-10-13(9-16(21)19(18)25-2)12-22-14-3-4-17(15(20)11-14)23-5-7-26-8-6-23/h3-4,9-11,22H,5-8,12H2,1-2H3. The maximum Gasteiger partial charge on any atom is 0.179 e. The van der Waals surface area contributed by atoms with E-state index in [1.165, 1.54) is 0 Å². The number of morpholine rings is 1. The molecule has 1 heterocycles. The largest absolute Gasteiger partial charge is 0.493 e. The van der Waals surface area contributed by atoms with Gasteiger partial charge in [0.25, 0.3) is 0 Å². The van der Waals surface area contributed by atoms with E-state index in [1.54, 1.807) is 14.2 Å². The Kier molecular flexibility index (Phi) is 6.35. The van der Waals surface area contributed by atoms with Gasteiger partial charge in [-0.2, -0.15) is 0 Å². The zero-order valence-corrected chi connectivity index (χ0v) is 16.4. The molecule has 0 bridgehead atoms. The summed E-state index contributed by atoms with van der Waals surface area (Å²) in [6.45, 7) is 3.77. The molecule has 2 aromatic carbocycles. The minimum Gasteiger partial charge on any atom is -0.493 e. The van der Waals surface area contributed by atoms with Crippen LogP contribution in [0, 0.1) is 0 Å². The number of nitrogens with one attached hydrogen (secondary N) is 1. The summed E-state index contributed by atoms with van der Waals surface area (Å²) in [6, 6.07) is 9.77. The Morgan fingerprint density at radius 3 is 2.46 bits per heavy atom. The van der Waals surface area contributed by atoms with Crippen molar-refractivity contribution in [3.05, 3.63) is 45.9 Å². The van der Waals surface area contributed by atoms with E-state index in [9.17, 15) is 0 Å². The highest BCUT2D eigenvalue weighted by atomic mass is 35.5. The number of hydrogen-bond donors (Lipinski definition) is 1. The summed E-state index contributed by atoms with van der Waals surface area (Å²) in [5.74, 6) is 1.15. The van der Waals surface area contributed by atoms with Crippen molar-refractivity contribution in [3.63, 3.8) is 0 Å². The number of methoxy groups -OCH3 is 2. The highest BCUT2D eigenvalue weighted by Gasteiger charge is 2.15. The van der Waals surface area contributed by atoms with Crippen molar-refractivity contribution in [1.29, 1.82) is 0 Å². The molecule has 0 unspecified atom stereocenters. The smallest absolute Gasteiger partial charge is 0.179 e. The van der Waals surface area contributed by atoms with Gasteiger partial charge >= 0.3 is 0 Å². The summed E-state index contributed by atoms with van der Waals surface area (Å²) in [5, 5.41) is 4.61. The predicted molar refractivity (Wildman–Crippen MR) is 106 cm³/mol. The molecule has 0 radical (unpaired) electrons. The lowest BCUT2D eigenvalue weighted by atomic mass is 10.2. The lowest BCUT2D eigenvalue weighted by molar-refractivity contribution is 0.122. The molecule has 0 amide bonds. The summed E-state index contributed by atoms with van der Waals surface area (Å²) in [6.07, 6.45) is 0. The van der Waals surface area contributed by atoms with Crippen LogP contribution in [0.4, 0.5) is 11.4 Å². The third-order valence-corrected chi connectivity index (χ3v) is 4.87. The van der Waals surface area contributed by atoms with Gasteiger partial charge in [-0.1, -0.05) is 23.2 Å². The van der Waals surface area contributed by atoms with Crippen molar-refractivity contribution in [2.75, 3.05) is 50.7 Å². The first-order chi connectivity index (χ1) is 12.6. The van der Waals surface area contributed by atoms with E-state index in [4.69, 9.17) is 37.4 Å². The van der Waals surface area contributed by atoms with Crippen LogP contribution >= 0.6 is 23.2 Å². The van der Waals surface area contributed by atoms with E-state index in [0.717, 1.165) is 48.3 Å². The van der Waals surface area contributed by atoms with Crippen LogP contribution in [-0.4, -0.2) is 40.5 Å². The van der Waals surface area contributed by atoms with Crippen molar-refractivity contribution >= 4 is 34.6 Å². The predicted octanol–water partition coefficient (Wildman–Crippen LogP) is 4.46. The molecule has 0 aliphatic carbocycles. The van der Waals surface area contributed by atoms with Gasteiger partial charge in [0, 0.05) is 25.3 Å². The SMILES string of the molecule is COc1cc(CNc2ccc(N3CCOCC3)c(Cl)c2)cc(Cl)c1OC. The number of anilines is 2. The molecule has 3 rings (SSSR count). The Labute approximate surface area is 163 Å². The summed E-state index contributed by atoms with van der Waals surface area (Å²) < 4.78 is 16.0. The van der Waals surface area contributed by atoms with Crippen molar-refractivity contribution in [2.45, 2.75) is 6.54 Å². The molecule has 0 atom stereocenters. The van der Waals surface area contributed by atoms with Crippen molar-refractivity contribution < 1.29 is 14.2 Å². The van der Waals surface area contributed by atoms with E-state index < -0.39 is 0 Å². The van der Waals surface area contributed by atoms with Gasteiger partial charge in [0.15, 0.2) is 11.5 Å². The highest BCUT2D eigenvalue weighted by Crippen LogP contribution is 2.36. The first kappa shape index (κ1) is 19.0. The molecule has 2 aromatic rings. The zero-order valence-electron chi connectivity index (χ0n) is 14.9. The first-order valence-corrected chi connectivity index (χ1v) is 9.14. The van der Waals surface area contributed by atoms with E-state index in [-0.39, 0.29) is 0 Å². The molecular formula is C19H22Cl2N2O3. The lowest BCUT2D eigenvalue weighted by Gasteiger charge is -2.29. The van der Waals surface area contributed by atoms with Crippen LogP contribution in [0.2, 0.25) is 10.0 Å². The molecule has 1 N–H and O–H groups in total. The number of nitrogens with zero attached hydrogens (tertiary/aromatic N) is 1. The van der Waals surface area contributed by atoms with Gasteiger partial charge in [-0.25, -0.2) is 0 Å². The van der Waals surface area contributed by atoms with Gasteiger partial charge in [0.2, 0.25) is 0 Å². The van der Waals surface area contributed by atoms with Crippen LogP contribution in [-0.2, 0) is 11.3 Å². The maximum absolute atomic E-state index is 6.48. The van der Waals surface area contributed by atoms with Gasteiger partial charge in [-0.15, -0.1) is 0 Å². The van der Waals surface area contributed by atoms with Gasteiger partial charge in [-0.3, -0.25) is 0 Å². The Morgan fingerprint density at radius 1 is 1.04 bits per heavy atom. The fraction of sp³-hybridized carbons (Fsp3) is 0.368. The van der Waals surface area contributed by atoms with Crippen LogP contribution in [0.5, 0.6) is 11.5 Å². The average molecular weight is 397 g/mol. The molecule has 1 fully saturated rings. The van der Waals surface area contributed by atoms with E-state index in [2.05, 4.69) is 10.2 Å². The lowest BCUT2D eigenvalue weighted by Crippen LogP contribution is -2.36. The fourth-order valence-corrected chi connectivity index (χ4v) is 3.57. The summed E-state index contributed by atoms with van der Waals surface area (Å²) in [4.78, 5) is 2.24. The molecule has 26 heavy (non-hydrogen) atoms. The second-order valence-corrected chi connectivity index (χ2v) is 6.75. The molecule has 0 saturated carbocycles. The molecule has 5 nitrogen and oxygen atoms in total. The minimum atomic E-state index is 0.518. The minimum absolute atomic E-state index is 0.518. The molecule has 140 valence electrons. The zero-order chi connectivity index (χ0) is 18.5. The third-order valence-electron chi connectivity index (χ3n) is 4.29. The van der Waals surface area contributed by atoms with Gasteiger partial charge in [0.1, 0.15) is 0 Å². The van der Waals surface area contributed by atoms with Crippen molar-refractivity contribution in [1.82, 2.24) is 0 Å². The normalized spacial score (nSPS) is 14.2. The molecular weight excluding hydrogens is 375 g/mol. The van der Waals surface area contributed by atoms with E-state index in [1.807, 2.05) is 30.3 Å². The Hall–Kier alpha value is -1.82. The van der Waals surface area contributed by atoms with Crippen LogP contribution in [0.1, 0.15) is 5.56 Å². The third kappa shape index (κ3) is 4.29. The first-order valence-electron chi connectivity index (χ1n) is 8.39. The van der Waals surface area contributed by atoms with Crippen molar-refractivity contribution in [3.8, 4) is 11.5 Å². The molecule has 7 heteroatoms. The fourth-order valence-electron chi connectivity index (χ4n) is 2.96. The molecule has 0 spiro atoms. The van der Waals surface area contributed by atoms with Gasteiger partial charge < -0.3 is 24.4 Å². The summed E-state index contributed by atoms with van der Waals surface area (Å²) >= 11 is 12.7. The monoisotopic (exact) mass is 396 g/mol. The molecule has 1 aliphatic rings. The molecule has 1 saturated heterocycles. The van der Waals surface area contributed by atoms with Crippen LogP contribution in [0.3, 0.4) is 0 Å². The van der Waals surface area contributed by atoms with E-state index in [0.29, 0.717) is 23.1 Å². The number of benzene rings is 2. The molecule has 0 aromatic heterocycles. The van der Waals surface area contributed by atoms with Crippen LogP contribution < -0.4 is 19.7 Å². The summed E-state index contributed by atoms with van der Waals surface area (Å²) in [7, 11) is 3.16. The van der Waals surface area contributed by atoms with Crippen LogP contribution in [0.15, 0.2) is 30.3 Å². The second kappa shape index (κ2) is 8.71. The maximum atomic E-state index is 6.48. The average Bonchev–Trinajstić information content (AvgIpc) is 2.66. The summed E-state index contributed by atoms with van der Waals surface area (Å²) in [5.41, 5.74) is 2.97. The number of ether oxygens (including phenoxy) is 3. The number of halogens is 2. The number of rotatable bonds is 6. The quantitative estimate of drug-likeness (QED) is 0.780. The topological polar surface area (TPSA) is 43.0 Å². The number of hydrogen-bond acceptors (Lipinski definition) is 5. The van der Waals surface area contributed by atoms with Gasteiger partial charge in [-0.05, 0) is 35.9 Å². The Balaban J connectivity index is 1.70. The second-order valence-electron chi connectivity index (χ2n) is 5.93. The van der Waals surface area contributed by atoms with Gasteiger partial charge in [0.05, 0.1) is 43.2 Å². The molecule has 1 aliphatic heterocycles. The Morgan fingerprint density at radius 2 is 1.81 bits per heavy atom. The van der Waals surface area contributed by atoms with Crippen LogP contribution in [0.25, 0.3) is 0 Å².